The normalized spacial score (nSPS) is 14.0. The van der Waals surface area contributed by atoms with Gasteiger partial charge in [0.15, 0.2) is 5.78 Å². The molecule has 31 heavy (non-hydrogen) atoms. The number of aromatic nitrogens is 1. The predicted molar refractivity (Wildman–Crippen MR) is 118 cm³/mol. The minimum atomic E-state index is -0.635. The summed E-state index contributed by atoms with van der Waals surface area (Å²) in [4.78, 5) is 43.2. The molecule has 1 heterocycles. The van der Waals surface area contributed by atoms with Crippen molar-refractivity contribution >= 4 is 23.8 Å². The van der Waals surface area contributed by atoms with E-state index in [0.717, 1.165) is 12.8 Å². The average Bonchev–Trinajstić information content (AvgIpc) is 3.43. The number of nitrogens with one attached hydrogen (secondary N) is 1. The quantitative estimate of drug-likeness (QED) is 0.464. The molecule has 8 heteroatoms. The number of hydrogen-bond acceptors (Lipinski definition) is 6. The molecule has 1 N–H and O–H groups in total. The molecule has 8 nitrogen and oxygen atoms in total. The predicted octanol–water partition coefficient (Wildman–Crippen LogP) is 4.86. The van der Waals surface area contributed by atoms with Crippen molar-refractivity contribution in [1.29, 1.82) is 0 Å². The summed E-state index contributed by atoms with van der Waals surface area (Å²) in [6.07, 6.45) is 3.88. The Morgan fingerprint density at radius 3 is 2.29 bits per heavy atom. The number of anilines is 1. The lowest BCUT2D eigenvalue weighted by atomic mass is 10.1. The number of amides is 2. The molecule has 0 spiro atoms. The average molecular weight is 434 g/mol. The highest BCUT2D eigenvalue weighted by atomic mass is 16.6. The van der Waals surface area contributed by atoms with E-state index in [4.69, 9.17) is 9.47 Å². The Morgan fingerprint density at radius 2 is 1.71 bits per heavy atom. The van der Waals surface area contributed by atoms with Crippen LogP contribution in [0.2, 0.25) is 0 Å². The lowest BCUT2D eigenvalue weighted by Gasteiger charge is -2.27. The van der Waals surface area contributed by atoms with E-state index >= 15 is 0 Å². The first-order valence-electron chi connectivity index (χ1n) is 10.8. The molecule has 1 aromatic heterocycles. The molecule has 0 bridgehead atoms. The Kier molecular flexibility index (Phi) is 8.03. The molecule has 172 valence electrons. The SMILES string of the molecule is CC(C)(C)OC(=O)NCCCCC(=O)c1cccnc1N(C(=O)OC(C)(C)C)C1CC1. The molecule has 2 rings (SSSR count). The highest BCUT2D eigenvalue weighted by molar-refractivity contribution is 6.03. The van der Waals surface area contributed by atoms with Crippen LogP contribution in [-0.4, -0.2) is 46.7 Å². The van der Waals surface area contributed by atoms with Crippen LogP contribution < -0.4 is 10.2 Å². The molecule has 1 aliphatic rings. The van der Waals surface area contributed by atoms with Gasteiger partial charge in [-0.1, -0.05) is 0 Å². The summed E-state index contributed by atoms with van der Waals surface area (Å²) in [6.45, 7) is 11.3. The van der Waals surface area contributed by atoms with Crippen molar-refractivity contribution in [2.24, 2.45) is 0 Å². The number of pyridine rings is 1. The maximum absolute atomic E-state index is 12.9. The lowest BCUT2D eigenvalue weighted by Crippen LogP contribution is -2.39. The zero-order valence-electron chi connectivity index (χ0n) is 19.5. The molecule has 1 saturated carbocycles. The fraction of sp³-hybridized carbons (Fsp3) is 0.652. The van der Waals surface area contributed by atoms with Crippen LogP contribution in [0.3, 0.4) is 0 Å². The Morgan fingerprint density at radius 1 is 1.06 bits per heavy atom. The topological polar surface area (TPSA) is 97.8 Å². The zero-order chi connectivity index (χ0) is 23.2. The molecule has 0 atom stereocenters. The van der Waals surface area contributed by atoms with Crippen LogP contribution in [0, 0.1) is 0 Å². The van der Waals surface area contributed by atoms with E-state index in [-0.39, 0.29) is 11.8 Å². The summed E-state index contributed by atoms with van der Waals surface area (Å²) in [5, 5.41) is 2.69. The third-order valence-corrected chi connectivity index (χ3v) is 4.32. The minimum absolute atomic E-state index is 0.00864. The molecule has 0 aliphatic heterocycles. The van der Waals surface area contributed by atoms with Crippen molar-refractivity contribution in [3.8, 4) is 0 Å². The van der Waals surface area contributed by atoms with Crippen molar-refractivity contribution in [2.45, 2.75) is 90.9 Å². The largest absolute Gasteiger partial charge is 0.444 e. The number of carbonyl (C=O) groups is 3. The van der Waals surface area contributed by atoms with Gasteiger partial charge in [0.2, 0.25) is 0 Å². The summed E-state index contributed by atoms with van der Waals surface area (Å²) >= 11 is 0. The van der Waals surface area contributed by atoms with Gasteiger partial charge in [-0.25, -0.2) is 14.6 Å². The van der Waals surface area contributed by atoms with Crippen molar-refractivity contribution in [1.82, 2.24) is 10.3 Å². The van der Waals surface area contributed by atoms with Crippen LogP contribution in [0.25, 0.3) is 0 Å². The van der Waals surface area contributed by atoms with Crippen molar-refractivity contribution in [3.05, 3.63) is 23.9 Å². The molecular weight excluding hydrogens is 398 g/mol. The van der Waals surface area contributed by atoms with Gasteiger partial charge in [-0.2, -0.15) is 0 Å². The third kappa shape index (κ3) is 8.55. The van der Waals surface area contributed by atoms with E-state index in [1.807, 2.05) is 20.8 Å². The van der Waals surface area contributed by atoms with Crippen LogP contribution in [0.5, 0.6) is 0 Å². The van der Waals surface area contributed by atoms with Crippen LogP contribution in [0.1, 0.15) is 84.0 Å². The number of Topliss-reactive ketones (excluding diaryl/α,β-unsaturated/α-hetero) is 1. The number of ether oxygens (including phenoxy) is 2. The number of alkyl carbamates (subject to hydrolysis) is 1. The molecule has 1 fully saturated rings. The molecule has 0 saturated heterocycles. The second-order valence-corrected chi connectivity index (χ2v) is 9.77. The minimum Gasteiger partial charge on any atom is -0.444 e. The maximum atomic E-state index is 12.9. The second kappa shape index (κ2) is 10.1. The van der Waals surface area contributed by atoms with Gasteiger partial charge in [-0.05, 0) is 79.4 Å². The maximum Gasteiger partial charge on any atom is 0.416 e. The van der Waals surface area contributed by atoms with Crippen molar-refractivity contribution in [3.63, 3.8) is 0 Å². The van der Waals surface area contributed by atoms with E-state index in [0.29, 0.717) is 37.2 Å². The first-order valence-corrected chi connectivity index (χ1v) is 10.8. The van der Waals surface area contributed by atoms with Gasteiger partial charge in [0.05, 0.1) is 5.56 Å². The first kappa shape index (κ1) is 24.6. The van der Waals surface area contributed by atoms with Gasteiger partial charge in [0, 0.05) is 25.2 Å². The summed E-state index contributed by atoms with van der Waals surface area (Å²) < 4.78 is 10.7. The van der Waals surface area contributed by atoms with E-state index < -0.39 is 23.4 Å². The van der Waals surface area contributed by atoms with Crippen LogP contribution in [0.15, 0.2) is 18.3 Å². The Hall–Kier alpha value is -2.64. The first-order chi connectivity index (χ1) is 14.4. The molecule has 1 aliphatic carbocycles. The summed E-state index contributed by atoms with van der Waals surface area (Å²) in [5.41, 5.74) is -0.761. The number of nitrogens with zero attached hydrogens (tertiary/aromatic N) is 2. The molecule has 0 unspecified atom stereocenters. The fourth-order valence-electron chi connectivity index (χ4n) is 2.91. The monoisotopic (exact) mass is 433 g/mol. The van der Waals surface area contributed by atoms with Gasteiger partial charge >= 0.3 is 12.2 Å². The molecule has 0 aromatic carbocycles. The number of rotatable bonds is 8. The number of carbonyl (C=O) groups excluding carboxylic acids is 3. The molecule has 2 amide bonds. The Labute approximate surface area is 184 Å². The standard InChI is InChI=1S/C23H35N3O5/c1-22(2,3)30-20(28)25-14-8-7-11-18(27)17-10-9-15-24-19(17)26(16-12-13-16)21(29)31-23(4,5)6/h9-10,15-16H,7-8,11-14H2,1-6H3,(H,25,28). The highest BCUT2D eigenvalue weighted by Crippen LogP contribution is 2.34. The fourth-order valence-corrected chi connectivity index (χ4v) is 2.91. The molecule has 1 aromatic rings. The summed E-state index contributed by atoms with van der Waals surface area (Å²) in [6, 6.07) is 3.40. The lowest BCUT2D eigenvalue weighted by molar-refractivity contribution is 0.0524. The van der Waals surface area contributed by atoms with Gasteiger partial charge in [-0.15, -0.1) is 0 Å². The van der Waals surface area contributed by atoms with Gasteiger partial charge in [-0.3, -0.25) is 9.69 Å². The van der Waals surface area contributed by atoms with Crippen LogP contribution in [0.4, 0.5) is 15.4 Å². The van der Waals surface area contributed by atoms with Gasteiger partial charge in [0.25, 0.3) is 0 Å². The Balaban J connectivity index is 1.95. The zero-order valence-corrected chi connectivity index (χ0v) is 19.5. The summed E-state index contributed by atoms with van der Waals surface area (Å²) in [5.74, 6) is 0.269. The van der Waals surface area contributed by atoms with Crippen LogP contribution in [-0.2, 0) is 9.47 Å². The number of hydrogen-bond donors (Lipinski definition) is 1. The van der Waals surface area contributed by atoms with E-state index in [9.17, 15) is 14.4 Å². The highest BCUT2D eigenvalue weighted by Gasteiger charge is 2.38. The van der Waals surface area contributed by atoms with E-state index in [2.05, 4.69) is 10.3 Å². The van der Waals surface area contributed by atoms with Crippen molar-refractivity contribution < 1.29 is 23.9 Å². The van der Waals surface area contributed by atoms with Crippen molar-refractivity contribution in [2.75, 3.05) is 11.4 Å². The molecular formula is C23H35N3O5. The van der Waals surface area contributed by atoms with Gasteiger partial charge in [0.1, 0.15) is 17.0 Å². The van der Waals surface area contributed by atoms with E-state index in [1.165, 1.54) is 4.90 Å². The van der Waals surface area contributed by atoms with Crippen LogP contribution >= 0.6 is 0 Å². The molecule has 0 radical (unpaired) electrons. The number of unbranched alkanes of at least 4 members (excludes halogenated alkanes) is 1. The van der Waals surface area contributed by atoms with Gasteiger partial charge < -0.3 is 14.8 Å². The summed E-state index contributed by atoms with van der Waals surface area (Å²) in [7, 11) is 0. The number of ketones is 1. The Bertz CT molecular complexity index is 791. The second-order valence-electron chi connectivity index (χ2n) is 9.77. The third-order valence-electron chi connectivity index (χ3n) is 4.32. The smallest absolute Gasteiger partial charge is 0.416 e. The van der Waals surface area contributed by atoms with E-state index in [1.54, 1.807) is 39.1 Å².